The second-order valence-corrected chi connectivity index (χ2v) is 4.88. The van der Waals surface area contributed by atoms with Crippen LogP contribution in [0.15, 0.2) is 24.3 Å². The molecule has 0 aliphatic rings. The van der Waals surface area contributed by atoms with Crippen molar-refractivity contribution in [2.45, 2.75) is 11.8 Å². The molecule has 1 aromatic carbocycles. The minimum atomic E-state index is -0.927. The molecule has 0 saturated heterocycles. The lowest BCUT2D eigenvalue weighted by Crippen LogP contribution is -2.35. The average molecular weight is 314 g/mol. The minimum absolute atomic E-state index is 0.230. The first-order chi connectivity index (χ1) is 8.40. The number of amides is 4. The van der Waals surface area contributed by atoms with Crippen LogP contribution in [0.5, 0.6) is 0 Å². The molecule has 7 heteroatoms. The van der Waals surface area contributed by atoms with Gasteiger partial charge in [-0.1, -0.05) is 22.0 Å². The Balaban J connectivity index is 2.82. The fraction of sp³-hybridized carbons (Fsp3) is 0.182. The number of anilines is 1. The van der Waals surface area contributed by atoms with E-state index >= 15 is 0 Å². The second kappa shape index (κ2) is 6.15. The Bertz CT molecular complexity index is 488. The van der Waals surface area contributed by atoms with Crippen molar-refractivity contribution >= 4 is 39.5 Å². The molecule has 1 atom stereocenters. The largest absolute Gasteiger partial charge is 0.351 e. The second-order valence-electron chi connectivity index (χ2n) is 3.50. The van der Waals surface area contributed by atoms with Crippen LogP contribution in [0.2, 0.25) is 0 Å². The fourth-order valence-corrected chi connectivity index (χ4v) is 1.28. The van der Waals surface area contributed by atoms with Gasteiger partial charge < -0.3 is 11.1 Å². The molecule has 6 nitrogen and oxygen atoms in total. The summed E-state index contributed by atoms with van der Waals surface area (Å²) in [5, 5.41) is 4.55. The first-order valence-electron chi connectivity index (χ1n) is 5.06. The van der Waals surface area contributed by atoms with E-state index in [1.165, 1.54) is 12.1 Å². The van der Waals surface area contributed by atoms with E-state index in [9.17, 15) is 14.4 Å². The zero-order chi connectivity index (χ0) is 13.7. The summed E-state index contributed by atoms with van der Waals surface area (Å²) in [4.78, 5) is 33.1. The molecule has 0 radical (unpaired) electrons. The Morgan fingerprint density at radius 3 is 2.56 bits per heavy atom. The Morgan fingerprint density at radius 2 is 2.00 bits per heavy atom. The van der Waals surface area contributed by atoms with Crippen molar-refractivity contribution in [2.24, 2.45) is 5.73 Å². The van der Waals surface area contributed by atoms with Gasteiger partial charge in [0.2, 0.25) is 5.91 Å². The molecule has 96 valence electrons. The van der Waals surface area contributed by atoms with Crippen molar-refractivity contribution in [1.29, 1.82) is 0 Å². The van der Waals surface area contributed by atoms with Gasteiger partial charge in [-0.3, -0.25) is 14.9 Å². The molecular weight excluding hydrogens is 302 g/mol. The number of urea groups is 1. The number of hydrogen-bond acceptors (Lipinski definition) is 3. The maximum absolute atomic E-state index is 11.5. The van der Waals surface area contributed by atoms with Crippen LogP contribution in [0.25, 0.3) is 0 Å². The molecule has 0 aliphatic heterocycles. The van der Waals surface area contributed by atoms with Crippen LogP contribution in [0.3, 0.4) is 0 Å². The molecule has 18 heavy (non-hydrogen) atoms. The topological polar surface area (TPSA) is 101 Å². The average Bonchev–Trinajstić information content (AvgIpc) is 2.28. The third-order valence-corrected chi connectivity index (χ3v) is 2.41. The molecule has 1 aromatic rings. The van der Waals surface area contributed by atoms with Crippen LogP contribution in [-0.4, -0.2) is 22.7 Å². The quantitative estimate of drug-likeness (QED) is 0.731. The van der Waals surface area contributed by atoms with Crippen molar-refractivity contribution in [3.63, 3.8) is 0 Å². The molecule has 4 N–H and O–H groups in total. The van der Waals surface area contributed by atoms with E-state index in [1.807, 2.05) is 5.32 Å². The lowest BCUT2D eigenvalue weighted by Gasteiger charge is -2.08. The predicted molar refractivity (Wildman–Crippen MR) is 70.5 cm³/mol. The molecule has 1 rings (SSSR count). The smallest absolute Gasteiger partial charge is 0.319 e. The van der Waals surface area contributed by atoms with Crippen molar-refractivity contribution in [2.75, 3.05) is 5.32 Å². The zero-order valence-corrected chi connectivity index (χ0v) is 11.2. The summed E-state index contributed by atoms with van der Waals surface area (Å²) in [5.41, 5.74) is 5.53. The van der Waals surface area contributed by atoms with E-state index in [1.54, 1.807) is 19.1 Å². The molecule has 0 bridgehead atoms. The fourth-order valence-electron chi connectivity index (χ4n) is 1.16. The number of imide groups is 1. The van der Waals surface area contributed by atoms with E-state index in [2.05, 4.69) is 21.2 Å². The molecular formula is C11H12BrN3O3. The number of carbonyl (C=O) groups is 3. The number of benzene rings is 1. The number of alkyl halides is 1. The van der Waals surface area contributed by atoms with Gasteiger partial charge >= 0.3 is 6.03 Å². The summed E-state index contributed by atoms with van der Waals surface area (Å²) < 4.78 is 0. The lowest BCUT2D eigenvalue weighted by molar-refractivity contribution is -0.115. The summed E-state index contributed by atoms with van der Waals surface area (Å²) in [6.45, 7) is 1.68. The van der Waals surface area contributed by atoms with Crippen molar-refractivity contribution < 1.29 is 14.4 Å². The standard InChI is InChI=1S/C11H12BrN3O3/c1-6(12)9(16)14-8-4-2-3-7(5-8)10(17)15-11(13)18/h2-6H,1H3,(H,14,16)(H3,13,15,17,18)/t6-/m1/s1. The van der Waals surface area contributed by atoms with E-state index in [0.29, 0.717) is 5.69 Å². The first-order valence-corrected chi connectivity index (χ1v) is 5.97. The van der Waals surface area contributed by atoms with Crippen LogP contribution < -0.4 is 16.4 Å². The third-order valence-electron chi connectivity index (χ3n) is 1.99. The van der Waals surface area contributed by atoms with Gasteiger partial charge in [0.15, 0.2) is 0 Å². The normalized spacial score (nSPS) is 11.4. The van der Waals surface area contributed by atoms with Crippen LogP contribution in [-0.2, 0) is 4.79 Å². The Hall–Kier alpha value is -1.89. The van der Waals surface area contributed by atoms with E-state index in [0.717, 1.165) is 0 Å². The van der Waals surface area contributed by atoms with E-state index in [-0.39, 0.29) is 16.3 Å². The van der Waals surface area contributed by atoms with Gasteiger partial charge in [0.1, 0.15) is 0 Å². The van der Waals surface area contributed by atoms with E-state index < -0.39 is 11.9 Å². The Labute approximate surface area is 112 Å². The molecule has 0 fully saturated rings. The van der Waals surface area contributed by atoms with Gasteiger partial charge in [0.05, 0.1) is 4.83 Å². The van der Waals surface area contributed by atoms with Crippen LogP contribution >= 0.6 is 15.9 Å². The molecule has 0 saturated carbocycles. The van der Waals surface area contributed by atoms with Crippen LogP contribution in [0.1, 0.15) is 17.3 Å². The monoisotopic (exact) mass is 313 g/mol. The number of nitrogens with one attached hydrogen (secondary N) is 2. The van der Waals surface area contributed by atoms with Crippen molar-refractivity contribution in [3.8, 4) is 0 Å². The van der Waals surface area contributed by atoms with Gasteiger partial charge in [-0.15, -0.1) is 0 Å². The number of halogens is 1. The van der Waals surface area contributed by atoms with Gasteiger partial charge in [-0.25, -0.2) is 4.79 Å². The number of nitrogens with two attached hydrogens (primary N) is 1. The summed E-state index contributed by atoms with van der Waals surface area (Å²) in [5.74, 6) is -0.854. The van der Waals surface area contributed by atoms with Gasteiger partial charge in [-0.05, 0) is 25.1 Å². The summed E-state index contributed by atoms with van der Waals surface area (Å²) >= 11 is 3.12. The molecule has 0 aromatic heterocycles. The highest BCUT2D eigenvalue weighted by molar-refractivity contribution is 9.10. The molecule has 0 spiro atoms. The highest BCUT2D eigenvalue weighted by atomic mass is 79.9. The van der Waals surface area contributed by atoms with Gasteiger partial charge in [0, 0.05) is 11.3 Å². The Kier molecular flexibility index (Phi) is 4.85. The minimum Gasteiger partial charge on any atom is -0.351 e. The number of carbonyl (C=O) groups excluding carboxylic acids is 3. The molecule has 4 amide bonds. The van der Waals surface area contributed by atoms with Crippen LogP contribution in [0.4, 0.5) is 10.5 Å². The predicted octanol–water partition coefficient (Wildman–Crippen LogP) is 1.22. The molecule has 0 heterocycles. The Morgan fingerprint density at radius 1 is 1.33 bits per heavy atom. The highest BCUT2D eigenvalue weighted by Gasteiger charge is 2.11. The maximum atomic E-state index is 11.5. The highest BCUT2D eigenvalue weighted by Crippen LogP contribution is 2.12. The number of rotatable bonds is 3. The molecule has 0 aliphatic carbocycles. The summed E-state index contributed by atoms with van der Waals surface area (Å²) in [6.07, 6.45) is 0. The van der Waals surface area contributed by atoms with E-state index in [4.69, 9.17) is 5.73 Å². The maximum Gasteiger partial charge on any atom is 0.319 e. The summed E-state index contributed by atoms with van der Waals surface area (Å²) in [6, 6.07) is 5.25. The van der Waals surface area contributed by atoms with Gasteiger partial charge in [0.25, 0.3) is 5.91 Å². The van der Waals surface area contributed by atoms with Crippen molar-refractivity contribution in [1.82, 2.24) is 5.32 Å². The summed E-state index contributed by atoms with van der Waals surface area (Å²) in [7, 11) is 0. The number of hydrogen-bond donors (Lipinski definition) is 3. The van der Waals surface area contributed by atoms with Crippen molar-refractivity contribution in [3.05, 3.63) is 29.8 Å². The third kappa shape index (κ3) is 4.17. The SMILES string of the molecule is C[C@@H](Br)C(=O)Nc1cccc(C(=O)NC(N)=O)c1. The molecule has 0 unspecified atom stereocenters. The zero-order valence-electron chi connectivity index (χ0n) is 9.57. The van der Waals surface area contributed by atoms with Crippen LogP contribution in [0, 0.1) is 0 Å². The lowest BCUT2D eigenvalue weighted by atomic mass is 10.2. The van der Waals surface area contributed by atoms with Gasteiger partial charge in [-0.2, -0.15) is 0 Å². The number of primary amides is 1. The first kappa shape index (κ1) is 14.2.